The van der Waals surface area contributed by atoms with E-state index < -0.39 is 48.4 Å². The number of fused-ring (bicyclic) bond motifs is 2. The molecule has 0 saturated heterocycles. The van der Waals surface area contributed by atoms with Gasteiger partial charge in [-0.25, -0.2) is 14.5 Å². The summed E-state index contributed by atoms with van der Waals surface area (Å²) in [6.07, 6.45) is 0.256. The molecule has 0 fully saturated rings. The second kappa shape index (κ2) is 9.36. The molecule has 14 nitrogen and oxygen atoms in total. The van der Waals surface area contributed by atoms with Crippen molar-refractivity contribution < 1.29 is 31.8 Å². The summed E-state index contributed by atoms with van der Waals surface area (Å²) in [5.74, 6) is -0.666. The Bertz CT molecular complexity index is 1730. The van der Waals surface area contributed by atoms with Gasteiger partial charge in [0.1, 0.15) is 21.9 Å². The van der Waals surface area contributed by atoms with Crippen molar-refractivity contribution in [2.75, 3.05) is 10.0 Å². The van der Waals surface area contributed by atoms with Crippen LogP contribution in [0.4, 0.5) is 16.2 Å². The molecule has 0 radical (unpaired) electrons. The maximum atomic E-state index is 13.5. The van der Waals surface area contributed by atoms with Gasteiger partial charge in [-0.1, -0.05) is 13.8 Å². The molecule has 2 aromatic heterocycles. The first kappa shape index (κ1) is 25.9. The van der Waals surface area contributed by atoms with Gasteiger partial charge in [0.15, 0.2) is 5.84 Å². The number of carbonyl (C=O) groups is 1. The van der Waals surface area contributed by atoms with E-state index in [9.17, 15) is 31.5 Å². The number of sulfonamides is 1. The van der Waals surface area contributed by atoms with E-state index in [2.05, 4.69) is 14.7 Å². The van der Waals surface area contributed by atoms with E-state index in [0.717, 1.165) is 6.07 Å². The number of pyridine rings is 2. The normalized spacial score (nSPS) is 14.5. The van der Waals surface area contributed by atoms with Gasteiger partial charge in [-0.15, -0.1) is 4.40 Å². The van der Waals surface area contributed by atoms with Crippen LogP contribution < -0.4 is 20.3 Å². The van der Waals surface area contributed by atoms with Gasteiger partial charge in [0, 0.05) is 12.7 Å². The van der Waals surface area contributed by atoms with E-state index in [-0.39, 0.29) is 40.4 Å². The van der Waals surface area contributed by atoms with Crippen molar-refractivity contribution >= 4 is 54.6 Å². The van der Waals surface area contributed by atoms with Crippen molar-refractivity contribution in [1.82, 2.24) is 14.3 Å². The van der Waals surface area contributed by atoms with Gasteiger partial charge < -0.3 is 15.5 Å². The van der Waals surface area contributed by atoms with Gasteiger partial charge in [0.2, 0.25) is 0 Å². The van der Waals surface area contributed by atoms with Gasteiger partial charge in [-0.05, 0) is 42.7 Å². The number of anilines is 2. The van der Waals surface area contributed by atoms with Crippen molar-refractivity contribution in [3.63, 3.8) is 0 Å². The lowest BCUT2D eigenvalue weighted by atomic mass is 10.1. The highest BCUT2D eigenvalue weighted by molar-refractivity contribution is 7.91. The quantitative estimate of drug-likeness (QED) is 0.287. The van der Waals surface area contributed by atoms with E-state index in [4.69, 9.17) is 5.11 Å². The monoisotopic (exact) mass is 550 g/mol. The smallest absolute Gasteiger partial charge is 0.419 e. The number of benzene rings is 1. The van der Waals surface area contributed by atoms with E-state index in [0.29, 0.717) is 6.42 Å². The van der Waals surface area contributed by atoms with Crippen LogP contribution >= 0.6 is 0 Å². The summed E-state index contributed by atoms with van der Waals surface area (Å²) in [4.78, 5) is 27.9. The molecule has 16 heteroatoms. The average molecular weight is 551 g/mol. The van der Waals surface area contributed by atoms with E-state index in [1.54, 1.807) is 12.1 Å². The second-order valence-electron chi connectivity index (χ2n) is 8.50. The van der Waals surface area contributed by atoms with E-state index >= 15 is 0 Å². The Morgan fingerprint density at radius 1 is 1.24 bits per heavy atom. The first-order valence-electron chi connectivity index (χ1n) is 10.8. The fourth-order valence-electron chi connectivity index (χ4n) is 3.70. The lowest BCUT2D eigenvalue weighted by Crippen LogP contribution is -2.34. The molecule has 0 saturated carbocycles. The van der Waals surface area contributed by atoms with Crippen molar-refractivity contribution in [2.24, 2.45) is 10.3 Å². The van der Waals surface area contributed by atoms with E-state index in [1.165, 1.54) is 27.6 Å². The number of hydrogen-bond donors (Lipinski definition) is 5. The van der Waals surface area contributed by atoms with Crippen LogP contribution in [0.2, 0.25) is 0 Å². The fourth-order valence-corrected chi connectivity index (χ4v) is 5.56. The topological polar surface area (TPSA) is 209 Å². The lowest BCUT2D eigenvalue weighted by Gasteiger charge is -2.21. The second-order valence-corrected chi connectivity index (χ2v) is 11.5. The van der Waals surface area contributed by atoms with Crippen LogP contribution in [0.3, 0.4) is 0 Å². The number of aromatic hydroxyl groups is 1. The number of hydrogen-bond acceptors (Lipinski definition) is 9. The van der Waals surface area contributed by atoms with Crippen molar-refractivity contribution in [3.8, 4) is 5.75 Å². The largest absolute Gasteiger partial charge is 0.506 e. The van der Waals surface area contributed by atoms with Crippen LogP contribution in [0.15, 0.2) is 50.6 Å². The summed E-state index contributed by atoms with van der Waals surface area (Å²) in [6.45, 7) is 4.22. The third-order valence-corrected chi connectivity index (χ3v) is 7.62. The first-order chi connectivity index (χ1) is 17.3. The van der Waals surface area contributed by atoms with Crippen molar-refractivity contribution in [3.05, 3.63) is 52.4 Å². The first-order valence-corrected chi connectivity index (χ1v) is 13.7. The predicted molar refractivity (Wildman–Crippen MR) is 135 cm³/mol. The van der Waals surface area contributed by atoms with Gasteiger partial charge >= 0.3 is 16.3 Å². The summed E-state index contributed by atoms with van der Waals surface area (Å²) in [5, 5.41) is 22.5. The number of aromatic nitrogens is 2. The maximum Gasteiger partial charge on any atom is 0.419 e. The standard InChI is InChI=1S/C21H22N6O8S2/c1-11(2)7-9-27-19-13(4-3-8-22-19)17(28)16(20(27)29)18-23-14-6-5-12(10-15(14)36(32,33)25-18)24-37(34,35)26-21(30)31/h3-6,8,10-11,24,26,28H,7,9H2,1-2H3,(H,23,25)(H,30,31). The Balaban J connectivity index is 1.82. The molecule has 0 atom stereocenters. The zero-order valence-corrected chi connectivity index (χ0v) is 21.1. The molecule has 1 aliphatic rings. The number of amides is 1. The molecule has 1 aliphatic heterocycles. The minimum Gasteiger partial charge on any atom is -0.506 e. The molecule has 0 unspecified atom stereocenters. The Morgan fingerprint density at radius 2 is 1.97 bits per heavy atom. The molecule has 5 N–H and O–H groups in total. The molecular formula is C21H22N6O8S2. The van der Waals surface area contributed by atoms with Gasteiger partial charge in [0.05, 0.1) is 16.8 Å². The summed E-state index contributed by atoms with van der Waals surface area (Å²) in [5.41, 5.74) is -1.13. The molecule has 1 amide bonds. The summed E-state index contributed by atoms with van der Waals surface area (Å²) < 4.78 is 57.9. The third-order valence-electron chi connectivity index (χ3n) is 5.36. The molecule has 1 aromatic carbocycles. The van der Waals surface area contributed by atoms with Crippen LogP contribution in [-0.4, -0.2) is 48.5 Å². The van der Waals surface area contributed by atoms with Crippen LogP contribution in [0, 0.1) is 5.92 Å². The number of aryl methyl sites for hydroxylation is 1. The van der Waals surface area contributed by atoms with Crippen LogP contribution in [-0.2, 0) is 26.8 Å². The van der Waals surface area contributed by atoms with Crippen molar-refractivity contribution in [1.29, 1.82) is 0 Å². The minimum absolute atomic E-state index is 0.0436. The molecule has 0 spiro atoms. The fraction of sp³-hybridized carbons (Fsp3) is 0.238. The van der Waals surface area contributed by atoms with Crippen molar-refractivity contribution in [2.45, 2.75) is 31.7 Å². The lowest BCUT2D eigenvalue weighted by molar-refractivity contribution is 0.201. The molecule has 37 heavy (non-hydrogen) atoms. The molecule has 3 aromatic rings. The average Bonchev–Trinajstić information content (AvgIpc) is 2.78. The molecule has 0 bridgehead atoms. The number of rotatable bonds is 7. The van der Waals surface area contributed by atoms with Crippen LogP contribution in [0.1, 0.15) is 25.8 Å². The SMILES string of the molecule is CC(C)CCn1c(=O)c(C2=NS(=O)(=O)c3cc(NS(=O)(=O)NC(=O)O)ccc3N2)c(O)c2cccnc21. The Kier molecular flexibility index (Phi) is 6.55. The summed E-state index contributed by atoms with van der Waals surface area (Å²) in [7, 11) is -9.02. The van der Waals surface area contributed by atoms with Gasteiger partial charge in [-0.3, -0.25) is 14.1 Å². The molecule has 3 heterocycles. The van der Waals surface area contributed by atoms with Crippen LogP contribution in [0.25, 0.3) is 11.0 Å². The predicted octanol–water partition coefficient (Wildman–Crippen LogP) is 1.63. The highest BCUT2D eigenvalue weighted by Crippen LogP contribution is 2.33. The summed E-state index contributed by atoms with van der Waals surface area (Å²) >= 11 is 0. The molecule has 0 aliphatic carbocycles. The zero-order chi connectivity index (χ0) is 27.1. The third kappa shape index (κ3) is 5.19. The number of amidine groups is 1. The highest BCUT2D eigenvalue weighted by atomic mass is 32.2. The molecule has 4 rings (SSSR count). The Morgan fingerprint density at radius 3 is 2.65 bits per heavy atom. The van der Waals surface area contributed by atoms with Gasteiger partial charge in [0.25, 0.3) is 15.6 Å². The minimum atomic E-state index is -4.53. The van der Waals surface area contributed by atoms with Gasteiger partial charge in [-0.2, -0.15) is 16.8 Å². The highest BCUT2D eigenvalue weighted by Gasteiger charge is 2.31. The maximum absolute atomic E-state index is 13.5. The van der Waals surface area contributed by atoms with E-state index in [1.807, 2.05) is 18.6 Å². The zero-order valence-electron chi connectivity index (χ0n) is 19.5. The van der Waals surface area contributed by atoms with Crippen LogP contribution in [0.5, 0.6) is 5.75 Å². The Labute approximate surface area is 210 Å². The number of nitrogens with zero attached hydrogens (tertiary/aromatic N) is 3. The number of carboxylic acid groups (broad SMARTS) is 1. The number of nitrogens with one attached hydrogen (secondary N) is 3. The molecular weight excluding hydrogens is 528 g/mol. The molecule has 196 valence electrons. The Hall–Kier alpha value is -4.18. The summed E-state index contributed by atoms with van der Waals surface area (Å²) in [6, 6.07) is 6.42.